The summed E-state index contributed by atoms with van der Waals surface area (Å²) >= 11 is 0. The van der Waals surface area contributed by atoms with Crippen LogP contribution in [0, 0.1) is 0 Å². The van der Waals surface area contributed by atoms with Gasteiger partial charge in [0.15, 0.2) is 5.57 Å². The first-order valence-corrected chi connectivity index (χ1v) is 22.8. The Morgan fingerprint density at radius 3 is 1.13 bits per heavy atom. The lowest BCUT2D eigenvalue weighted by Gasteiger charge is -2.27. The number of rotatable bonds is 40. The van der Waals surface area contributed by atoms with Gasteiger partial charge in [-0.2, -0.15) is 15.0 Å². The van der Waals surface area contributed by atoms with Gasteiger partial charge in [0.2, 0.25) is 5.95 Å². The van der Waals surface area contributed by atoms with Gasteiger partial charge in [0.25, 0.3) is 0 Å². The lowest BCUT2D eigenvalue weighted by Crippen LogP contribution is -2.39. The maximum atomic E-state index is 8.61. The predicted molar refractivity (Wildman–Crippen MR) is 233 cm³/mol. The van der Waals surface area contributed by atoms with Crippen LogP contribution in [0.1, 0.15) is 0 Å². The van der Waals surface area contributed by atoms with Crippen molar-refractivity contribution in [3.05, 3.63) is 60.7 Å². The van der Waals surface area contributed by atoms with Crippen molar-refractivity contribution >= 4 is 30.0 Å². The molecule has 2 aromatic carbocycles. The van der Waals surface area contributed by atoms with Gasteiger partial charge in [-0.3, -0.25) is 0 Å². The first-order chi connectivity index (χ1) is 30.8. The highest BCUT2D eigenvalue weighted by Gasteiger charge is 2.24. The third-order valence-corrected chi connectivity index (χ3v) is 10.8. The Hall–Kier alpha value is -3.04. The van der Waals surface area contributed by atoms with Crippen molar-refractivity contribution in [2.75, 3.05) is 190 Å². The monoisotopic (exact) mass is 894 g/mol. The summed E-state index contributed by atoms with van der Waals surface area (Å²) in [5, 5.41) is 10.9. The molecule has 0 unspecified atom stereocenters. The van der Waals surface area contributed by atoms with E-state index in [4.69, 9.17) is 76.7 Å². The molecule has 4 rings (SSSR count). The smallest absolute Gasteiger partial charge is 0.321 e. The van der Waals surface area contributed by atoms with E-state index in [2.05, 4.69) is 34.1 Å². The number of anilines is 1. The van der Waals surface area contributed by atoms with Gasteiger partial charge in [-0.05, 0) is 10.6 Å². The molecule has 0 amide bonds. The van der Waals surface area contributed by atoms with Gasteiger partial charge in [0, 0.05) is 21.0 Å². The highest BCUT2D eigenvalue weighted by Crippen LogP contribution is 2.32. The number of morpholine rings is 1. The highest BCUT2D eigenvalue weighted by atomic mass is 31.1. The molecule has 1 saturated heterocycles. The molecule has 1 N–H and O–H groups in total. The number of aliphatic hydroxyl groups excluding tert-OH is 1. The quantitative estimate of drug-likeness (QED) is 0.0631. The second-order valence-electron chi connectivity index (χ2n) is 13.1. The SMILES string of the molecule is OCCOCCOCCOCCOCCOCCOCCOCCOCCOCCOCCOCCOc1nc(N2CCOCC2)nc(P(c2ccccc2)c2ccccc2)n1. The van der Waals surface area contributed by atoms with Crippen molar-refractivity contribution in [2.24, 2.45) is 0 Å². The molecular formula is C43H67N4O14P. The molecule has 0 spiro atoms. The molecule has 18 nitrogen and oxygen atoms in total. The fourth-order valence-electron chi connectivity index (χ4n) is 5.50. The van der Waals surface area contributed by atoms with Crippen LogP contribution in [-0.2, 0) is 56.8 Å². The van der Waals surface area contributed by atoms with E-state index < -0.39 is 7.92 Å². The second kappa shape index (κ2) is 36.3. The molecule has 1 fully saturated rings. The van der Waals surface area contributed by atoms with E-state index in [9.17, 15) is 0 Å². The summed E-state index contributed by atoms with van der Waals surface area (Å²) < 4.78 is 72.0. The molecule has 0 bridgehead atoms. The topological polar surface area (TPSA) is 182 Å². The highest BCUT2D eigenvalue weighted by molar-refractivity contribution is 7.79. The Labute approximate surface area is 367 Å². The van der Waals surface area contributed by atoms with E-state index in [0.717, 1.165) is 10.6 Å². The normalized spacial score (nSPS) is 13.0. The van der Waals surface area contributed by atoms with Gasteiger partial charge in [-0.25, -0.2) is 0 Å². The number of aliphatic hydroxyl groups is 1. The molecule has 0 radical (unpaired) electrons. The first kappa shape index (κ1) is 51.6. The zero-order valence-electron chi connectivity index (χ0n) is 36.1. The number of hydrogen-bond donors (Lipinski definition) is 1. The van der Waals surface area contributed by atoms with Crippen molar-refractivity contribution in [3.8, 4) is 6.01 Å². The molecule has 62 heavy (non-hydrogen) atoms. The Morgan fingerprint density at radius 2 is 0.774 bits per heavy atom. The van der Waals surface area contributed by atoms with Crippen LogP contribution in [0.3, 0.4) is 0 Å². The molecular weight excluding hydrogens is 827 g/mol. The van der Waals surface area contributed by atoms with E-state index in [1.165, 1.54) is 0 Å². The molecule has 19 heteroatoms. The minimum atomic E-state index is -1.03. The Balaban J connectivity index is 0.912. The Bertz CT molecular complexity index is 1430. The van der Waals surface area contributed by atoms with Crippen LogP contribution in [0.15, 0.2) is 60.7 Å². The van der Waals surface area contributed by atoms with Gasteiger partial charge in [0.1, 0.15) is 6.61 Å². The number of aromatic nitrogens is 3. The molecule has 0 atom stereocenters. The maximum Gasteiger partial charge on any atom is 0.321 e. The van der Waals surface area contributed by atoms with Crippen LogP contribution >= 0.6 is 7.92 Å². The Kier molecular flexibility index (Phi) is 30.2. The number of benzene rings is 2. The van der Waals surface area contributed by atoms with Gasteiger partial charge in [-0.1, -0.05) is 60.7 Å². The molecule has 348 valence electrons. The van der Waals surface area contributed by atoms with E-state index in [-0.39, 0.29) is 19.2 Å². The lowest BCUT2D eigenvalue weighted by molar-refractivity contribution is -0.0280. The fourth-order valence-corrected chi connectivity index (χ4v) is 7.57. The number of ether oxygens (including phenoxy) is 13. The van der Waals surface area contributed by atoms with Crippen LogP contribution in [0.4, 0.5) is 5.95 Å². The molecule has 3 aromatic rings. The third kappa shape index (κ3) is 24.1. The number of nitrogens with zero attached hydrogens (tertiary/aromatic N) is 4. The second-order valence-corrected chi connectivity index (χ2v) is 15.2. The van der Waals surface area contributed by atoms with Crippen molar-refractivity contribution in [3.63, 3.8) is 0 Å². The summed E-state index contributed by atoms with van der Waals surface area (Å²) in [7, 11) is -1.03. The minimum absolute atomic E-state index is 0.0198. The van der Waals surface area contributed by atoms with E-state index in [0.29, 0.717) is 183 Å². The summed E-state index contributed by atoms with van der Waals surface area (Å²) in [6.45, 7) is 13.2. The van der Waals surface area contributed by atoms with Crippen LogP contribution in [0.25, 0.3) is 0 Å². The summed E-state index contributed by atoms with van der Waals surface area (Å²) in [4.78, 5) is 16.6. The zero-order valence-corrected chi connectivity index (χ0v) is 37.0. The lowest BCUT2D eigenvalue weighted by atomic mass is 10.4. The van der Waals surface area contributed by atoms with Gasteiger partial charge in [-0.15, -0.1) is 0 Å². The van der Waals surface area contributed by atoms with Gasteiger partial charge in [0.05, 0.1) is 165 Å². The molecule has 0 aliphatic carbocycles. The summed E-state index contributed by atoms with van der Waals surface area (Å²) in [5.74, 6) is 0.594. The minimum Gasteiger partial charge on any atom is -0.461 e. The molecule has 1 aliphatic heterocycles. The fraction of sp³-hybridized carbons (Fsp3) is 0.651. The third-order valence-electron chi connectivity index (χ3n) is 8.53. The summed E-state index contributed by atoms with van der Waals surface area (Å²) in [5.41, 5.74) is 0.688. The molecule has 0 saturated carbocycles. The summed E-state index contributed by atoms with van der Waals surface area (Å²) in [6, 6.07) is 21.0. The first-order valence-electron chi connectivity index (χ1n) is 21.4. The van der Waals surface area contributed by atoms with Crippen molar-refractivity contribution in [1.82, 2.24) is 15.0 Å². The van der Waals surface area contributed by atoms with Crippen LogP contribution < -0.4 is 25.8 Å². The number of hydrogen-bond acceptors (Lipinski definition) is 18. The van der Waals surface area contributed by atoms with Crippen molar-refractivity contribution < 1.29 is 66.7 Å². The van der Waals surface area contributed by atoms with E-state index in [1.807, 2.05) is 36.4 Å². The van der Waals surface area contributed by atoms with E-state index in [1.54, 1.807) is 0 Å². The van der Waals surface area contributed by atoms with Crippen LogP contribution in [-0.4, -0.2) is 205 Å². The molecule has 2 heterocycles. The average Bonchev–Trinajstić information content (AvgIpc) is 3.31. The van der Waals surface area contributed by atoms with Gasteiger partial charge >= 0.3 is 6.01 Å². The largest absolute Gasteiger partial charge is 0.461 e. The molecule has 1 aromatic heterocycles. The van der Waals surface area contributed by atoms with Gasteiger partial charge < -0.3 is 71.6 Å². The summed E-state index contributed by atoms with van der Waals surface area (Å²) in [6.07, 6.45) is 0. The van der Waals surface area contributed by atoms with Crippen LogP contribution in [0.5, 0.6) is 6.01 Å². The van der Waals surface area contributed by atoms with Crippen LogP contribution in [0.2, 0.25) is 0 Å². The average molecular weight is 895 g/mol. The standard InChI is InChI=1S/C43H67N4O14P/c48-13-16-50-17-18-51-19-20-52-21-22-53-23-24-54-25-26-55-27-28-56-29-30-57-31-32-58-33-34-59-35-36-60-37-38-61-42-44-41(47-11-14-49-15-12-47)45-43(46-42)62(39-7-3-1-4-8-39)40-9-5-2-6-10-40/h1-10,48H,11-38H2. The molecule has 1 aliphatic rings. The zero-order chi connectivity index (χ0) is 43.2. The van der Waals surface area contributed by atoms with Crippen molar-refractivity contribution in [1.29, 1.82) is 0 Å². The van der Waals surface area contributed by atoms with Crippen molar-refractivity contribution in [2.45, 2.75) is 0 Å². The maximum absolute atomic E-state index is 8.61. The predicted octanol–water partition coefficient (Wildman–Crippen LogP) is 1.02. The Morgan fingerprint density at radius 1 is 0.435 bits per heavy atom. The van der Waals surface area contributed by atoms with E-state index >= 15 is 0 Å².